The molecule has 0 spiro atoms. The Labute approximate surface area is 123 Å². The largest absolute Gasteiger partial charge is 0.324 e. The van der Waals surface area contributed by atoms with E-state index >= 15 is 0 Å². The predicted octanol–water partition coefficient (Wildman–Crippen LogP) is 3.83. The van der Waals surface area contributed by atoms with Crippen molar-refractivity contribution in [1.29, 1.82) is 0 Å². The Hall–Kier alpha value is -0.710. The van der Waals surface area contributed by atoms with Crippen LogP contribution in [0.5, 0.6) is 0 Å². The Balaban J connectivity index is 2.23. The number of hydrogen-bond acceptors (Lipinski definition) is 3. The molecule has 1 unspecified atom stereocenters. The molecule has 2 N–H and O–H groups in total. The number of nitrogens with one attached hydrogen (secondary N) is 2. The fourth-order valence-electron chi connectivity index (χ4n) is 2.08. The third kappa shape index (κ3) is 3.25. The lowest BCUT2D eigenvalue weighted by Gasteiger charge is -2.11. The lowest BCUT2D eigenvalue weighted by Crippen LogP contribution is -2.27. The zero-order valence-corrected chi connectivity index (χ0v) is 12.8. The fourth-order valence-corrected chi connectivity index (χ4v) is 3.23. The first-order chi connectivity index (χ1) is 9.17. The zero-order chi connectivity index (χ0) is 13.8. The van der Waals surface area contributed by atoms with Crippen LogP contribution in [0.3, 0.4) is 0 Å². The second-order valence-electron chi connectivity index (χ2n) is 4.59. The molecule has 1 atom stereocenters. The van der Waals surface area contributed by atoms with Gasteiger partial charge in [0.1, 0.15) is 6.04 Å². The highest BCUT2D eigenvalue weighted by atomic mass is 35.5. The van der Waals surface area contributed by atoms with E-state index in [0.717, 1.165) is 46.3 Å². The molecule has 1 aromatic rings. The van der Waals surface area contributed by atoms with Crippen molar-refractivity contribution < 1.29 is 4.79 Å². The fraction of sp³-hybridized carbons (Fsp3) is 0.500. The average Bonchev–Trinajstić information content (AvgIpc) is 2.69. The highest BCUT2D eigenvalue weighted by Crippen LogP contribution is 2.38. The van der Waals surface area contributed by atoms with Gasteiger partial charge in [-0.1, -0.05) is 25.4 Å². The maximum Gasteiger partial charge on any atom is 0.246 e. The Kier molecular flexibility index (Phi) is 5.13. The van der Waals surface area contributed by atoms with E-state index in [-0.39, 0.29) is 11.9 Å². The van der Waals surface area contributed by atoms with Crippen molar-refractivity contribution in [2.75, 3.05) is 17.6 Å². The number of fused-ring (bicyclic) bond motifs is 1. The highest BCUT2D eigenvalue weighted by Gasteiger charge is 2.30. The summed E-state index contributed by atoms with van der Waals surface area (Å²) in [6.07, 6.45) is 2.10. The van der Waals surface area contributed by atoms with Crippen molar-refractivity contribution in [3.8, 4) is 0 Å². The summed E-state index contributed by atoms with van der Waals surface area (Å²) in [5, 5.41) is 6.91. The van der Waals surface area contributed by atoms with E-state index in [1.807, 2.05) is 12.1 Å². The van der Waals surface area contributed by atoms with Gasteiger partial charge in [0.05, 0.1) is 5.02 Å². The second-order valence-corrected chi connectivity index (χ2v) is 6.14. The van der Waals surface area contributed by atoms with E-state index in [1.54, 1.807) is 11.8 Å². The van der Waals surface area contributed by atoms with Gasteiger partial charge in [-0.3, -0.25) is 4.79 Å². The van der Waals surface area contributed by atoms with Gasteiger partial charge in [-0.15, -0.1) is 11.8 Å². The quantitative estimate of drug-likeness (QED) is 0.784. The Bertz CT molecular complexity index is 479. The summed E-state index contributed by atoms with van der Waals surface area (Å²) in [4.78, 5) is 13.0. The zero-order valence-electron chi connectivity index (χ0n) is 11.3. The first kappa shape index (κ1) is 14.7. The number of benzene rings is 1. The summed E-state index contributed by atoms with van der Waals surface area (Å²) >= 11 is 8.03. The Morgan fingerprint density at radius 3 is 2.84 bits per heavy atom. The van der Waals surface area contributed by atoms with Crippen LogP contribution in [0, 0.1) is 0 Å². The van der Waals surface area contributed by atoms with Crippen LogP contribution in [0.25, 0.3) is 0 Å². The van der Waals surface area contributed by atoms with Crippen molar-refractivity contribution in [2.24, 2.45) is 0 Å². The second kappa shape index (κ2) is 6.64. The minimum atomic E-state index is -0.266. The van der Waals surface area contributed by atoms with Crippen molar-refractivity contribution in [3.05, 3.63) is 22.7 Å². The molecule has 3 nitrogen and oxygen atoms in total. The summed E-state index contributed by atoms with van der Waals surface area (Å²) in [6.45, 7) is 5.04. The third-order valence-corrected chi connectivity index (χ3v) is 4.68. The molecule has 2 rings (SSSR count). The van der Waals surface area contributed by atoms with E-state index in [9.17, 15) is 4.79 Å². The first-order valence-electron chi connectivity index (χ1n) is 6.67. The van der Waals surface area contributed by atoms with Gasteiger partial charge in [-0.25, -0.2) is 0 Å². The van der Waals surface area contributed by atoms with Crippen LogP contribution < -0.4 is 10.6 Å². The van der Waals surface area contributed by atoms with E-state index in [1.165, 1.54) is 0 Å². The van der Waals surface area contributed by atoms with Crippen LogP contribution in [0.2, 0.25) is 5.02 Å². The molecule has 0 aliphatic carbocycles. The number of rotatable bonds is 6. The molecule has 0 radical (unpaired) electrons. The van der Waals surface area contributed by atoms with Gasteiger partial charge in [0.25, 0.3) is 0 Å². The third-order valence-electron chi connectivity index (χ3n) is 3.00. The van der Waals surface area contributed by atoms with Crippen molar-refractivity contribution in [1.82, 2.24) is 5.32 Å². The number of anilines is 1. The van der Waals surface area contributed by atoms with Gasteiger partial charge in [-0.2, -0.15) is 0 Å². The monoisotopic (exact) mass is 298 g/mol. The number of carbonyl (C=O) groups is 1. The molecule has 1 amide bonds. The molecule has 0 saturated carbocycles. The molecule has 1 aliphatic rings. The van der Waals surface area contributed by atoms with Gasteiger partial charge in [0, 0.05) is 16.1 Å². The molecular formula is C14H19ClN2OS. The molecule has 0 aromatic heterocycles. The average molecular weight is 299 g/mol. The Morgan fingerprint density at radius 2 is 2.16 bits per heavy atom. The van der Waals surface area contributed by atoms with Gasteiger partial charge in [-0.05, 0) is 37.3 Å². The Morgan fingerprint density at radius 1 is 1.37 bits per heavy atom. The molecule has 0 saturated heterocycles. The van der Waals surface area contributed by atoms with Crippen LogP contribution in [-0.4, -0.2) is 18.2 Å². The number of amides is 1. The van der Waals surface area contributed by atoms with E-state index in [2.05, 4.69) is 24.5 Å². The lowest BCUT2D eigenvalue weighted by atomic mass is 10.1. The van der Waals surface area contributed by atoms with Gasteiger partial charge >= 0.3 is 0 Å². The normalized spacial score (nSPS) is 17.4. The van der Waals surface area contributed by atoms with E-state index < -0.39 is 0 Å². The van der Waals surface area contributed by atoms with Crippen LogP contribution in [0.15, 0.2) is 17.0 Å². The van der Waals surface area contributed by atoms with Crippen LogP contribution >= 0.6 is 23.4 Å². The van der Waals surface area contributed by atoms with Gasteiger partial charge in [0.15, 0.2) is 0 Å². The minimum Gasteiger partial charge on any atom is -0.324 e. The topological polar surface area (TPSA) is 41.1 Å². The summed E-state index contributed by atoms with van der Waals surface area (Å²) < 4.78 is 0. The maximum absolute atomic E-state index is 12.0. The molecule has 1 aromatic carbocycles. The lowest BCUT2D eigenvalue weighted by molar-refractivity contribution is -0.117. The number of thioether (sulfide) groups is 1. The van der Waals surface area contributed by atoms with E-state index in [4.69, 9.17) is 11.6 Å². The molecule has 104 valence electrons. The van der Waals surface area contributed by atoms with Gasteiger partial charge < -0.3 is 10.6 Å². The van der Waals surface area contributed by atoms with Crippen molar-refractivity contribution in [3.63, 3.8) is 0 Å². The van der Waals surface area contributed by atoms with Crippen molar-refractivity contribution in [2.45, 2.75) is 37.6 Å². The SMILES string of the molecule is CCCNC1C(=O)Nc2cc(SCCC)c(Cl)cc21. The molecule has 0 bridgehead atoms. The number of hydrogen-bond donors (Lipinski definition) is 2. The standard InChI is InChI=1S/C14H19ClN2OS/c1-3-5-16-13-9-7-10(15)12(19-6-4-2)8-11(9)17-14(13)18/h7-8,13,16H,3-6H2,1-2H3,(H,17,18). The first-order valence-corrected chi connectivity index (χ1v) is 8.04. The molecule has 1 aliphatic heterocycles. The molecule has 19 heavy (non-hydrogen) atoms. The van der Waals surface area contributed by atoms with Crippen LogP contribution in [-0.2, 0) is 4.79 Å². The van der Waals surface area contributed by atoms with Gasteiger partial charge in [0.2, 0.25) is 5.91 Å². The minimum absolute atomic E-state index is 0.0113. The highest BCUT2D eigenvalue weighted by molar-refractivity contribution is 7.99. The van der Waals surface area contributed by atoms with Crippen molar-refractivity contribution >= 4 is 35.0 Å². The molecular weight excluding hydrogens is 280 g/mol. The summed E-state index contributed by atoms with van der Waals surface area (Å²) in [7, 11) is 0. The number of carbonyl (C=O) groups excluding carboxylic acids is 1. The molecule has 1 heterocycles. The summed E-state index contributed by atoms with van der Waals surface area (Å²) in [5.74, 6) is 1.04. The molecule has 0 fully saturated rings. The molecule has 5 heteroatoms. The maximum atomic E-state index is 12.0. The smallest absolute Gasteiger partial charge is 0.246 e. The summed E-state index contributed by atoms with van der Waals surface area (Å²) in [5.41, 5.74) is 1.85. The summed E-state index contributed by atoms with van der Waals surface area (Å²) in [6, 6.07) is 3.64. The van der Waals surface area contributed by atoms with Crippen LogP contribution in [0.4, 0.5) is 5.69 Å². The predicted molar refractivity (Wildman–Crippen MR) is 82.1 cm³/mol. The van der Waals surface area contributed by atoms with E-state index in [0.29, 0.717) is 0 Å². The number of halogens is 1. The van der Waals surface area contributed by atoms with Crippen LogP contribution in [0.1, 0.15) is 38.3 Å².